The molecule has 4 aromatic rings. The van der Waals surface area contributed by atoms with Crippen LogP contribution in [0.1, 0.15) is 50.5 Å². The molecule has 1 unspecified atom stereocenters. The van der Waals surface area contributed by atoms with Gasteiger partial charge < -0.3 is 14.4 Å². The van der Waals surface area contributed by atoms with Crippen LogP contribution in [0.2, 0.25) is 0 Å². The average molecular weight is 514 g/mol. The molecule has 0 aliphatic carbocycles. The molecule has 7 nitrogen and oxygen atoms in total. The van der Waals surface area contributed by atoms with Crippen LogP contribution in [-0.2, 0) is 16.1 Å². The minimum Gasteiger partial charge on any atom is -0.495 e. The van der Waals surface area contributed by atoms with Crippen molar-refractivity contribution in [2.24, 2.45) is 0 Å². The van der Waals surface area contributed by atoms with Crippen LogP contribution in [0, 0.1) is 0 Å². The fourth-order valence-corrected chi connectivity index (χ4v) is 4.66. The predicted octanol–water partition coefficient (Wildman–Crippen LogP) is 5.69. The van der Waals surface area contributed by atoms with Crippen molar-refractivity contribution in [3.05, 3.63) is 101 Å². The first-order valence-corrected chi connectivity index (χ1v) is 13.1. The van der Waals surface area contributed by atoms with Gasteiger partial charge in [0.15, 0.2) is 0 Å². The number of unbranched alkanes of at least 4 members (excludes halogenated alkanes) is 1. The molecule has 0 radical (unpaired) electrons. The van der Waals surface area contributed by atoms with Crippen LogP contribution in [0.25, 0.3) is 16.6 Å². The zero-order valence-electron chi connectivity index (χ0n) is 22.3. The largest absolute Gasteiger partial charge is 0.495 e. The molecule has 0 spiro atoms. The van der Waals surface area contributed by atoms with Gasteiger partial charge in [-0.15, -0.1) is 0 Å². The maximum absolute atomic E-state index is 13.9. The lowest BCUT2D eigenvalue weighted by molar-refractivity contribution is -0.139. The highest BCUT2D eigenvalue weighted by molar-refractivity contribution is 5.79. The van der Waals surface area contributed by atoms with Crippen molar-refractivity contribution in [2.75, 3.05) is 20.3 Å². The molecule has 198 valence electrons. The first-order valence-electron chi connectivity index (χ1n) is 13.1. The van der Waals surface area contributed by atoms with E-state index in [1.807, 2.05) is 84.6 Å². The minimum atomic E-state index is -0.434. The van der Waals surface area contributed by atoms with Crippen LogP contribution in [0.4, 0.5) is 0 Å². The number of carbonyl (C=O) groups excluding carboxylic acids is 1. The van der Waals surface area contributed by atoms with Gasteiger partial charge in [0.2, 0.25) is 5.91 Å². The van der Waals surface area contributed by atoms with E-state index in [2.05, 4.69) is 6.92 Å². The Morgan fingerprint density at radius 3 is 2.42 bits per heavy atom. The summed E-state index contributed by atoms with van der Waals surface area (Å²) in [6.45, 7) is 4.94. The van der Waals surface area contributed by atoms with E-state index in [1.54, 1.807) is 17.7 Å². The summed E-state index contributed by atoms with van der Waals surface area (Å²) >= 11 is 0. The number of ether oxygens (including phenoxy) is 2. The van der Waals surface area contributed by atoms with Crippen molar-refractivity contribution in [1.82, 2.24) is 14.5 Å². The predicted molar refractivity (Wildman–Crippen MR) is 150 cm³/mol. The number of fused-ring (bicyclic) bond motifs is 1. The van der Waals surface area contributed by atoms with Gasteiger partial charge >= 0.3 is 0 Å². The van der Waals surface area contributed by atoms with Crippen molar-refractivity contribution in [1.29, 1.82) is 0 Å². The van der Waals surface area contributed by atoms with E-state index in [0.29, 0.717) is 47.7 Å². The quantitative estimate of drug-likeness (QED) is 0.243. The van der Waals surface area contributed by atoms with Crippen molar-refractivity contribution >= 4 is 16.8 Å². The van der Waals surface area contributed by atoms with E-state index >= 15 is 0 Å². The molecular formula is C31H35N3O4. The molecule has 7 heteroatoms. The van der Waals surface area contributed by atoms with Crippen LogP contribution in [0.3, 0.4) is 0 Å². The number of rotatable bonds is 12. The van der Waals surface area contributed by atoms with Crippen LogP contribution in [0.5, 0.6) is 5.75 Å². The third-order valence-electron chi connectivity index (χ3n) is 6.60. The lowest BCUT2D eigenvalue weighted by Gasteiger charge is -2.32. The molecule has 1 heterocycles. The van der Waals surface area contributed by atoms with Crippen molar-refractivity contribution in [3.8, 4) is 11.4 Å². The lowest BCUT2D eigenvalue weighted by atomic mass is 10.1. The van der Waals surface area contributed by atoms with Crippen molar-refractivity contribution in [3.63, 3.8) is 0 Å². The van der Waals surface area contributed by atoms with E-state index in [9.17, 15) is 9.59 Å². The van der Waals surface area contributed by atoms with E-state index in [-0.39, 0.29) is 18.1 Å². The Morgan fingerprint density at radius 1 is 0.974 bits per heavy atom. The highest BCUT2D eigenvalue weighted by atomic mass is 16.5. The van der Waals surface area contributed by atoms with Gasteiger partial charge in [-0.2, -0.15) is 0 Å². The summed E-state index contributed by atoms with van der Waals surface area (Å²) in [6, 6.07) is 24.0. The van der Waals surface area contributed by atoms with E-state index in [4.69, 9.17) is 14.5 Å². The van der Waals surface area contributed by atoms with Crippen LogP contribution in [0.15, 0.2) is 83.7 Å². The molecule has 0 saturated heterocycles. The lowest BCUT2D eigenvalue weighted by Crippen LogP contribution is -2.41. The molecule has 0 aliphatic heterocycles. The Hall–Kier alpha value is -3.97. The van der Waals surface area contributed by atoms with Gasteiger partial charge in [0.1, 0.15) is 18.2 Å². The molecule has 1 atom stereocenters. The summed E-state index contributed by atoms with van der Waals surface area (Å²) < 4.78 is 13.0. The molecule has 0 bridgehead atoms. The van der Waals surface area contributed by atoms with Gasteiger partial charge in [-0.1, -0.05) is 74.9 Å². The molecule has 0 N–H and O–H groups in total. The second-order valence-corrected chi connectivity index (χ2v) is 9.14. The first kappa shape index (κ1) is 27.1. The standard InChI is InChI=1S/C31H35N3O4/c1-4-6-20-33(29(35)22-38-21-23-14-8-7-9-15-23)26(5-2)30-32-25-17-11-10-16-24(25)31(36)34(30)27-18-12-13-19-28(27)37-3/h7-19,26H,4-6,20-22H2,1-3H3. The minimum absolute atomic E-state index is 0.0540. The molecule has 0 saturated carbocycles. The number of methoxy groups -OCH3 is 1. The number of hydrogen-bond donors (Lipinski definition) is 0. The number of nitrogens with zero attached hydrogens (tertiary/aromatic N) is 3. The molecule has 0 fully saturated rings. The zero-order valence-corrected chi connectivity index (χ0v) is 22.3. The fourth-order valence-electron chi connectivity index (χ4n) is 4.66. The number of amides is 1. The Kier molecular flexibility index (Phi) is 9.27. The molecule has 4 rings (SSSR count). The van der Waals surface area contributed by atoms with E-state index in [0.717, 1.165) is 18.4 Å². The monoisotopic (exact) mass is 513 g/mol. The highest BCUT2D eigenvalue weighted by Gasteiger charge is 2.29. The fraction of sp³-hybridized carbons (Fsp3) is 0.323. The molecule has 38 heavy (non-hydrogen) atoms. The molecule has 1 aromatic heterocycles. The third kappa shape index (κ3) is 5.94. The number of hydrogen-bond acceptors (Lipinski definition) is 5. The summed E-state index contributed by atoms with van der Waals surface area (Å²) in [4.78, 5) is 34.3. The Morgan fingerprint density at radius 2 is 1.68 bits per heavy atom. The highest BCUT2D eigenvalue weighted by Crippen LogP contribution is 2.30. The average Bonchev–Trinajstić information content (AvgIpc) is 2.96. The summed E-state index contributed by atoms with van der Waals surface area (Å²) in [5.41, 5.74) is 2.00. The van der Waals surface area contributed by atoms with Gasteiger partial charge in [0, 0.05) is 6.54 Å². The third-order valence-corrected chi connectivity index (χ3v) is 6.60. The van der Waals surface area contributed by atoms with E-state index in [1.165, 1.54) is 0 Å². The molecule has 3 aromatic carbocycles. The summed E-state index contributed by atoms with van der Waals surface area (Å²) in [5, 5.41) is 0.509. The second-order valence-electron chi connectivity index (χ2n) is 9.14. The topological polar surface area (TPSA) is 73.7 Å². The number of aromatic nitrogens is 2. The summed E-state index contributed by atoms with van der Waals surface area (Å²) in [6.07, 6.45) is 2.33. The second kappa shape index (κ2) is 13.0. The summed E-state index contributed by atoms with van der Waals surface area (Å²) in [7, 11) is 1.58. The van der Waals surface area contributed by atoms with Crippen LogP contribution >= 0.6 is 0 Å². The zero-order chi connectivity index (χ0) is 26.9. The van der Waals surface area contributed by atoms with Gasteiger partial charge in [-0.25, -0.2) is 4.98 Å². The SMILES string of the molecule is CCCCN(C(=O)COCc1ccccc1)C(CC)c1nc2ccccc2c(=O)n1-c1ccccc1OC. The maximum atomic E-state index is 13.9. The van der Waals surface area contributed by atoms with Gasteiger partial charge in [0.25, 0.3) is 5.56 Å². The number of carbonyl (C=O) groups is 1. The van der Waals surface area contributed by atoms with Crippen molar-refractivity contribution in [2.45, 2.75) is 45.8 Å². The van der Waals surface area contributed by atoms with Gasteiger partial charge in [-0.05, 0) is 42.7 Å². The Labute approximate surface area is 223 Å². The number of para-hydroxylation sites is 3. The summed E-state index contributed by atoms with van der Waals surface area (Å²) in [5.74, 6) is 0.934. The molecule has 1 amide bonds. The molecular weight excluding hydrogens is 478 g/mol. The Bertz CT molecular complexity index is 1420. The smallest absolute Gasteiger partial charge is 0.266 e. The maximum Gasteiger partial charge on any atom is 0.266 e. The van der Waals surface area contributed by atoms with Gasteiger partial charge in [-0.3, -0.25) is 14.2 Å². The van der Waals surface area contributed by atoms with Crippen LogP contribution < -0.4 is 10.3 Å². The Balaban J connectivity index is 1.78. The van der Waals surface area contributed by atoms with Gasteiger partial charge in [0.05, 0.1) is 36.3 Å². The van der Waals surface area contributed by atoms with Crippen molar-refractivity contribution < 1.29 is 14.3 Å². The van der Waals surface area contributed by atoms with Crippen LogP contribution in [-0.4, -0.2) is 40.6 Å². The normalized spacial score (nSPS) is 11.9. The molecule has 0 aliphatic rings. The first-order chi connectivity index (χ1) is 18.6. The van der Waals surface area contributed by atoms with E-state index < -0.39 is 6.04 Å². The number of benzene rings is 3.